The molecule has 0 saturated carbocycles. The molecule has 256 valence electrons. The van der Waals surface area contributed by atoms with E-state index in [-0.39, 0.29) is 0 Å². The lowest BCUT2D eigenvalue weighted by atomic mass is 9.66. The number of aromatic nitrogens is 3. The summed E-state index contributed by atoms with van der Waals surface area (Å²) in [5.74, 6) is 2.58. The smallest absolute Gasteiger partial charge is 0.165 e. The van der Waals surface area contributed by atoms with Crippen LogP contribution in [0.2, 0.25) is 0 Å². The third-order valence-electron chi connectivity index (χ3n) is 11.6. The predicted molar refractivity (Wildman–Crippen MR) is 222 cm³/mol. The van der Waals surface area contributed by atoms with E-state index in [1.54, 1.807) is 0 Å². The van der Waals surface area contributed by atoms with Crippen molar-refractivity contribution < 1.29 is 4.74 Å². The summed E-state index contributed by atoms with van der Waals surface area (Å²) < 4.78 is 8.96. The van der Waals surface area contributed by atoms with Gasteiger partial charge in [0.25, 0.3) is 0 Å². The fourth-order valence-electron chi connectivity index (χ4n) is 9.36. The van der Waals surface area contributed by atoms with Crippen molar-refractivity contribution >= 4 is 32.8 Å². The van der Waals surface area contributed by atoms with E-state index >= 15 is 0 Å². The van der Waals surface area contributed by atoms with Gasteiger partial charge in [-0.2, -0.15) is 0 Å². The number of para-hydroxylation sites is 5. The Hall–Kier alpha value is -7.30. The molecule has 2 aromatic heterocycles. The zero-order valence-electron chi connectivity index (χ0n) is 29.6. The number of hydrogen-bond donors (Lipinski definition) is 0. The van der Waals surface area contributed by atoms with Crippen molar-refractivity contribution in [1.29, 1.82) is 0 Å². The van der Waals surface area contributed by atoms with E-state index < -0.39 is 5.41 Å². The van der Waals surface area contributed by atoms with Crippen LogP contribution < -0.4 is 4.74 Å². The summed E-state index contributed by atoms with van der Waals surface area (Å²) in [7, 11) is 0. The van der Waals surface area contributed by atoms with Gasteiger partial charge in [0.15, 0.2) is 5.82 Å². The average molecular weight is 702 g/mol. The fraction of sp³-hybridized carbons (Fsp3) is 0.0196. The van der Waals surface area contributed by atoms with Gasteiger partial charge in [0.05, 0.1) is 27.5 Å². The Morgan fingerprint density at radius 2 is 1.02 bits per heavy atom. The van der Waals surface area contributed by atoms with Crippen molar-refractivity contribution in [3.8, 4) is 50.8 Å². The molecule has 4 heteroatoms. The van der Waals surface area contributed by atoms with Gasteiger partial charge in [-0.05, 0) is 81.9 Å². The van der Waals surface area contributed by atoms with Crippen LogP contribution in [0.4, 0.5) is 0 Å². The second-order valence-electron chi connectivity index (χ2n) is 14.5. The number of fused-ring (bicyclic) bond motifs is 13. The molecule has 0 amide bonds. The van der Waals surface area contributed by atoms with Crippen LogP contribution in [0.1, 0.15) is 22.3 Å². The number of benzene rings is 8. The highest BCUT2D eigenvalue weighted by Crippen LogP contribution is 2.62. The van der Waals surface area contributed by atoms with Crippen molar-refractivity contribution in [3.63, 3.8) is 0 Å². The predicted octanol–water partition coefficient (Wildman–Crippen LogP) is 12.5. The molecular weight excluding hydrogens is 671 g/mol. The molecule has 1 spiro atoms. The minimum Gasteiger partial charge on any atom is -0.457 e. The molecule has 0 radical (unpaired) electrons. The molecule has 12 rings (SSSR count). The first-order chi connectivity index (χ1) is 27.3. The monoisotopic (exact) mass is 701 g/mol. The minimum absolute atomic E-state index is 0.555. The van der Waals surface area contributed by atoms with E-state index in [9.17, 15) is 0 Å². The highest BCUT2D eigenvalue weighted by molar-refractivity contribution is 6.12. The summed E-state index contributed by atoms with van der Waals surface area (Å²) in [5, 5.41) is 2.33. The molecule has 3 heterocycles. The number of hydrogen-bond acceptors (Lipinski definition) is 3. The molecule has 0 N–H and O–H groups in total. The fourth-order valence-corrected chi connectivity index (χ4v) is 9.36. The van der Waals surface area contributed by atoms with Crippen LogP contribution in [-0.2, 0) is 5.41 Å². The topological polar surface area (TPSA) is 39.9 Å². The molecule has 1 aliphatic heterocycles. The Bertz CT molecular complexity index is 3150. The maximum absolute atomic E-state index is 6.62. The Labute approximate surface area is 317 Å². The first-order valence-corrected chi connectivity index (χ1v) is 18.7. The summed E-state index contributed by atoms with van der Waals surface area (Å²) in [5.41, 5.74) is 14.8. The van der Waals surface area contributed by atoms with Crippen LogP contribution in [-0.4, -0.2) is 14.5 Å². The third-order valence-corrected chi connectivity index (χ3v) is 11.6. The lowest BCUT2D eigenvalue weighted by molar-refractivity contribution is 0.436. The van der Waals surface area contributed by atoms with Gasteiger partial charge in [-0.1, -0.05) is 140 Å². The van der Waals surface area contributed by atoms with Gasteiger partial charge in [-0.3, -0.25) is 4.57 Å². The van der Waals surface area contributed by atoms with Gasteiger partial charge in [0, 0.05) is 27.5 Å². The molecule has 55 heavy (non-hydrogen) atoms. The van der Waals surface area contributed by atoms with Gasteiger partial charge in [0.1, 0.15) is 17.2 Å². The Kier molecular flexibility index (Phi) is 6.23. The van der Waals surface area contributed by atoms with Gasteiger partial charge in [-0.25, -0.2) is 9.97 Å². The normalized spacial score (nSPS) is 13.4. The van der Waals surface area contributed by atoms with E-state index in [0.717, 1.165) is 72.9 Å². The number of ether oxygens (including phenoxy) is 1. The van der Waals surface area contributed by atoms with Crippen molar-refractivity contribution in [1.82, 2.24) is 14.5 Å². The van der Waals surface area contributed by atoms with Crippen molar-refractivity contribution in [2.45, 2.75) is 5.41 Å². The molecule has 10 aromatic rings. The average Bonchev–Trinajstić information content (AvgIpc) is 3.73. The summed E-state index contributed by atoms with van der Waals surface area (Å²) >= 11 is 0. The van der Waals surface area contributed by atoms with Gasteiger partial charge in [0.2, 0.25) is 0 Å². The van der Waals surface area contributed by atoms with Crippen LogP contribution in [0.3, 0.4) is 0 Å². The Morgan fingerprint density at radius 3 is 1.82 bits per heavy atom. The first kappa shape index (κ1) is 30.2. The standard InChI is InChI=1S/C51H31N3O/c1-2-15-32(16-3-1)33-17-14-18-34(29-33)49-50(53-44-25-10-9-24-43(44)52-49)54-45-26-11-5-20-36(45)38-30-42-37(31-46(38)54)35-19-4-6-21-39(35)51(42)40-22-7-12-27-47(40)55-48-28-13-8-23-41(48)51/h1-31H. The van der Waals surface area contributed by atoms with E-state index in [0.29, 0.717) is 0 Å². The van der Waals surface area contributed by atoms with Crippen LogP contribution in [0.5, 0.6) is 11.5 Å². The summed E-state index contributed by atoms with van der Waals surface area (Å²) in [4.78, 5) is 10.8. The molecule has 2 aliphatic rings. The minimum atomic E-state index is -0.555. The number of nitrogens with zero attached hydrogens (tertiary/aromatic N) is 3. The molecule has 4 nitrogen and oxygen atoms in total. The van der Waals surface area contributed by atoms with Gasteiger partial charge >= 0.3 is 0 Å². The molecule has 0 fully saturated rings. The van der Waals surface area contributed by atoms with Crippen molar-refractivity contribution in [2.75, 3.05) is 0 Å². The second-order valence-corrected chi connectivity index (χ2v) is 14.5. The SMILES string of the molecule is c1ccc(-c2cccc(-c3nc4ccccc4nc3-n3c4ccccc4c4cc5c(cc43)-c3ccccc3C53c4ccccc4Oc4ccccc43)c2)cc1. The number of rotatable bonds is 3. The molecule has 0 atom stereocenters. The molecular formula is C51H31N3O. The van der Waals surface area contributed by atoms with Gasteiger partial charge in [-0.15, -0.1) is 0 Å². The van der Waals surface area contributed by atoms with Crippen molar-refractivity contribution in [3.05, 3.63) is 210 Å². The molecule has 0 saturated heterocycles. The summed E-state index contributed by atoms with van der Waals surface area (Å²) in [6.45, 7) is 0. The zero-order chi connectivity index (χ0) is 36.1. The molecule has 8 aromatic carbocycles. The second kappa shape index (κ2) is 11.3. The van der Waals surface area contributed by atoms with Gasteiger partial charge < -0.3 is 4.74 Å². The first-order valence-electron chi connectivity index (χ1n) is 18.7. The third kappa shape index (κ3) is 4.16. The quantitative estimate of drug-likeness (QED) is 0.184. The van der Waals surface area contributed by atoms with Crippen LogP contribution in [0.15, 0.2) is 188 Å². The largest absolute Gasteiger partial charge is 0.457 e. The Morgan fingerprint density at radius 1 is 0.400 bits per heavy atom. The summed E-state index contributed by atoms with van der Waals surface area (Å²) in [6, 6.07) is 66.9. The molecule has 1 aliphatic carbocycles. The lowest BCUT2D eigenvalue weighted by Gasteiger charge is -2.39. The highest BCUT2D eigenvalue weighted by atomic mass is 16.5. The van der Waals surface area contributed by atoms with Crippen molar-refractivity contribution in [2.24, 2.45) is 0 Å². The lowest BCUT2D eigenvalue weighted by Crippen LogP contribution is -2.32. The highest BCUT2D eigenvalue weighted by Gasteiger charge is 2.51. The maximum atomic E-state index is 6.62. The van der Waals surface area contributed by atoms with E-state index in [1.165, 1.54) is 33.0 Å². The van der Waals surface area contributed by atoms with E-state index in [4.69, 9.17) is 14.7 Å². The van der Waals surface area contributed by atoms with Crippen LogP contribution in [0, 0.1) is 0 Å². The molecule has 0 bridgehead atoms. The summed E-state index contributed by atoms with van der Waals surface area (Å²) in [6.07, 6.45) is 0. The van der Waals surface area contributed by atoms with E-state index in [1.807, 2.05) is 12.1 Å². The maximum Gasteiger partial charge on any atom is 0.165 e. The Balaban J connectivity index is 1.20. The van der Waals surface area contributed by atoms with E-state index in [2.05, 4.69) is 180 Å². The van der Waals surface area contributed by atoms with Crippen LogP contribution >= 0.6 is 0 Å². The molecule has 0 unspecified atom stereocenters. The zero-order valence-corrected chi connectivity index (χ0v) is 29.6. The van der Waals surface area contributed by atoms with Crippen LogP contribution in [0.25, 0.3) is 72.2 Å².